The number of nitrogens with one attached hydrogen (secondary N) is 2. The molecule has 2 unspecified atom stereocenters. The van der Waals surface area contributed by atoms with Crippen molar-refractivity contribution < 1.29 is 19.4 Å². The molecule has 0 aromatic heterocycles. The van der Waals surface area contributed by atoms with Crippen LogP contribution >= 0.6 is 0 Å². The summed E-state index contributed by atoms with van der Waals surface area (Å²) in [7, 11) is 0. The van der Waals surface area contributed by atoms with Gasteiger partial charge in [0.15, 0.2) is 0 Å². The number of amides is 1. The molecule has 1 heterocycles. The van der Waals surface area contributed by atoms with Crippen molar-refractivity contribution in [3.63, 3.8) is 0 Å². The lowest BCUT2D eigenvalue weighted by atomic mass is 10.0. The first-order valence-electron chi connectivity index (χ1n) is 5.90. The first-order chi connectivity index (χ1) is 8.06. The molecule has 1 aliphatic rings. The van der Waals surface area contributed by atoms with Crippen molar-refractivity contribution in [2.75, 3.05) is 19.8 Å². The fourth-order valence-corrected chi connectivity index (χ4v) is 1.73. The summed E-state index contributed by atoms with van der Waals surface area (Å²) in [6.45, 7) is 5.17. The van der Waals surface area contributed by atoms with Crippen LogP contribution in [-0.4, -0.2) is 48.8 Å². The predicted octanol–water partition coefficient (Wildman–Crippen LogP) is -0.410. The molecule has 1 amide bonds. The number of carbonyl (C=O) groups is 2. The zero-order valence-electron chi connectivity index (χ0n) is 10.2. The second-order valence-corrected chi connectivity index (χ2v) is 4.27. The monoisotopic (exact) mass is 244 g/mol. The molecule has 0 bridgehead atoms. The second kappa shape index (κ2) is 6.56. The van der Waals surface area contributed by atoms with E-state index >= 15 is 0 Å². The van der Waals surface area contributed by atoms with Crippen molar-refractivity contribution in [3.05, 3.63) is 0 Å². The van der Waals surface area contributed by atoms with Gasteiger partial charge in [0.25, 0.3) is 0 Å². The number of hydrogen-bond acceptors (Lipinski definition) is 4. The minimum absolute atomic E-state index is 0.0176. The van der Waals surface area contributed by atoms with Crippen LogP contribution in [0.5, 0.6) is 0 Å². The van der Waals surface area contributed by atoms with Crippen molar-refractivity contribution in [2.24, 2.45) is 5.92 Å². The molecule has 17 heavy (non-hydrogen) atoms. The van der Waals surface area contributed by atoms with Crippen molar-refractivity contribution in [2.45, 2.75) is 32.4 Å². The third kappa shape index (κ3) is 3.98. The Labute approximate surface area is 101 Å². The highest BCUT2D eigenvalue weighted by Crippen LogP contribution is 2.14. The lowest BCUT2D eigenvalue weighted by molar-refractivity contribution is -0.142. The van der Waals surface area contributed by atoms with E-state index < -0.39 is 12.0 Å². The third-order valence-electron chi connectivity index (χ3n) is 2.80. The van der Waals surface area contributed by atoms with Crippen molar-refractivity contribution in [1.29, 1.82) is 0 Å². The van der Waals surface area contributed by atoms with Gasteiger partial charge < -0.3 is 20.5 Å². The zero-order chi connectivity index (χ0) is 12.8. The van der Waals surface area contributed by atoms with Gasteiger partial charge in [-0.3, -0.25) is 9.59 Å². The highest BCUT2D eigenvalue weighted by atomic mass is 16.5. The van der Waals surface area contributed by atoms with E-state index in [1.807, 2.05) is 6.92 Å². The summed E-state index contributed by atoms with van der Waals surface area (Å²) in [5.41, 5.74) is 0. The van der Waals surface area contributed by atoms with E-state index in [1.54, 1.807) is 0 Å². The van der Waals surface area contributed by atoms with Crippen LogP contribution in [0.4, 0.5) is 0 Å². The van der Waals surface area contributed by atoms with Crippen LogP contribution in [-0.2, 0) is 14.3 Å². The zero-order valence-corrected chi connectivity index (χ0v) is 10.2. The Balaban J connectivity index is 2.46. The van der Waals surface area contributed by atoms with Crippen molar-refractivity contribution in [1.82, 2.24) is 10.6 Å². The number of aliphatic carboxylic acids is 1. The number of carbonyl (C=O) groups excluding carboxylic acids is 1. The Morgan fingerprint density at radius 2 is 2.18 bits per heavy atom. The van der Waals surface area contributed by atoms with Gasteiger partial charge in [-0.15, -0.1) is 0 Å². The Kier molecular flexibility index (Phi) is 5.37. The van der Waals surface area contributed by atoms with Crippen molar-refractivity contribution in [3.8, 4) is 0 Å². The molecule has 1 fully saturated rings. The normalized spacial score (nSPS) is 25.5. The van der Waals surface area contributed by atoms with E-state index in [0.717, 1.165) is 13.0 Å². The maximum atomic E-state index is 11.8. The summed E-state index contributed by atoms with van der Waals surface area (Å²) in [5.74, 6) is -1.59. The number of ether oxygens (including phenoxy) is 1. The van der Waals surface area contributed by atoms with Gasteiger partial charge in [-0.05, 0) is 19.9 Å². The van der Waals surface area contributed by atoms with Gasteiger partial charge in [-0.1, -0.05) is 6.92 Å². The smallest absolute Gasteiger partial charge is 0.325 e. The SMILES string of the molecule is CCCNC1COCC1C(=O)N[C@@H](C)C(=O)O. The quantitative estimate of drug-likeness (QED) is 0.591. The molecule has 0 aliphatic carbocycles. The molecule has 0 aromatic rings. The van der Waals surface area contributed by atoms with Gasteiger partial charge in [0.1, 0.15) is 6.04 Å². The molecule has 6 nitrogen and oxygen atoms in total. The number of carboxylic acids is 1. The topological polar surface area (TPSA) is 87.7 Å². The van der Waals surface area contributed by atoms with E-state index in [-0.39, 0.29) is 17.9 Å². The molecule has 0 saturated carbocycles. The molecule has 0 spiro atoms. The van der Waals surface area contributed by atoms with Crippen LogP contribution in [0.15, 0.2) is 0 Å². The van der Waals surface area contributed by atoms with E-state index in [4.69, 9.17) is 9.84 Å². The summed E-state index contributed by atoms with van der Waals surface area (Å²) in [5, 5.41) is 14.4. The summed E-state index contributed by atoms with van der Waals surface area (Å²) in [4.78, 5) is 22.5. The van der Waals surface area contributed by atoms with Gasteiger partial charge >= 0.3 is 5.97 Å². The fourth-order valence-electron chi connectivity index (χ4n) is 1.73. The lowest BCUT2D eigenvalue weighted by Gasteiger charge is -2.19. The average Bonchev–Trinajstić information content (AvgIpc) is 2.74. The summed E-state index contributed by atoms with van der Waals surface area (Å²) >= 11 is 0. The largest absolute Gasteiger partial charge is 0.480 e. The molecule has 6 heteroatoms. The first-order valence-corrected chi connectivity index (χ1v) is 5.90. The van der Waals surface area contributed by atoms with Gasteiger partial charge in [-0.25, -0.2) is 0 Å². The summed E-state index contributed by atoms with van der Waals surface area (Å²) < 4.78 is 5.26. The molecule has 1 rings (SSSR count). The third-order valence-corrected chi connectivity index (χ3v) is 2.80. The Morgan fingerprint density at radius 1 is 1.47 bits per heavy atom. The van der Waals surface area contributed by atoms with Crippen LogP contribution in [0.3, 0.4) is 0 Å². The lowest BCUT2D eigenvalue weighted by Crippen LogP contribution is -2.48. The average molecular weight is 244 g/mol. The highest BCUT2D eigenvalue weighted by Gasteiger charge is 2.34. The molecule has 0 aromatic carbocycles. The predicted molar refractivity (Wildman–Crippen MR) is 61.6 cm³/mol. The molecule has 1 saturated heterocycles. The summed E-state index contributed by atoms with van der Waals surface area (Å²) in [6, 6.07) is -0.883. The van der Waals surface area contributed by atoms with E-state index in [0.29, 0.717) is 13.2 Å². The minimum Gasteiger partial charge on any atom is -0.480 e. The first kappa shape index (κ1) is 13.9. The summed E-state index contributed by atoms with van der Waals surface area (Å²) in [6.07, 6.45) is 0.983. The van der Waals surface area contributed by atoms with Crippen molar-refractivity contribution >= 4 is 11.9 Å². The minimum atomic E-state index is -1.03. The van der Waals surface area contributed by atoms with E-state index in [2.05, 4.69) is 10.6 Å². The Morgan fingerprint density at radius 3 is 2.76 bits per heavy atom. The number of hydrogen-bond donors (Lipinski definition) is 3. The molecule has 3 N–H and O–H groups in total. The molecular formula is C11H20N2O4. The maximum absolute atomic E-state index is 11.8. The Hall–Kier alpha value is -1.14. The second-order valence-electron chi connectivity index (χ2n) is 4.27. The molecular weight excluding hydrogens is 224 g/mol. The number of carboxylic acid groups (broad SMARTS) is 1. The van der Waals surface area contributed by atoms with Crippen LogP contribution in [0.2, 0.25) is 0 Å². The maximum Gasteiger partial charge on any atom is 0.325 e. The van der Waals surface area contributed by atoms with Crippen LogP contribution in [0, 0.1) is 5.92 Å². The molecule has 1 aliphatic heterocycles. The van der Waals surface area contributed by atoms with Crippen LogP contribution in [0.25, 0.3) is 0 Å². The molecule has 3 atom stereocenters. The van der Waals surface area contributed by atoms with Gasteiger partial charge in [0, 0.05) is 6.04 Å². The van der Waals surface area contributed by atoms with Gasteiger partial charge in [0.2, 0.25) is 5.91 Å². The van der Waals surface area contributed by atoms with E-state index in [1.165, 1.54) is 6.92 Å². The van der Waals surface area contributed by atoms with Crippen LogP contribution < -0.4 is 10.6 Å². The van der Waals surface area contributed by atoms with E-state index in [9.17, 15) is 9.59 Å². The number of rotatable bonds is 6. The fraction of sp³-hybridized carbons (Fsp3) is 0.818. The molecule has 98 valence electrons. The molecule has 0 radical (unpaired) electrons. The van der Waals surface area contributed by atoms with Gasteiger partial charge in [-0.2, -0.15) is 0 Å². The van der Waals surface area contributed by atoms with Gasteiger partial charge in [0.05, 0.1) is 19.1 Å². The van der Waals surface area contributed by atoms with Crippen LogP contribution in [0.1, 0.15) is 20.3 Å². The Bertz CT molecular complexity index is 283. The highest BCUT2D eigenvalue weighted by molar-refractivity contribution is 5.85. The standard InChI is InChI=1S/C11H20N2O4/c1-3-4-12-9-6-17-5-8(9)10(14)13-7(2)11(15)16/h7-9,12H,3-6H2,1-2H3,(H,13,14)(H,15,16)/t7-,8?,9?/m0/s1.